The highest BCUT2D eigenvalue weighted by Gasteiger charge is 2.35. The van der Waals surface area contributed by atoms with Gasteiger partial charge in [0.05, 0.1) is 5.60 Å². The largest absolute Gasteiger partial charge is 0.376 e. The molecule has 6 heteroatoms. The molecule has 0 aliphatic carbocycles. The Morgan fingerprint density at radius 2 is 2.00 bits per heavy atom. The van der Waals surface area contributed by atoms with Crippen LogP contribution in [0.3, 0.4) is 0 Å². The lowest BCUT2D eigenvalue weighted by molar-refractivity contribution is -0.140. The minimum absolute atomic E-state index is 0.317. The summed E-state index contributed by atoms with van der Waals surface area (Å²) in [4.78, 5) is 23.2. The quantitative estimate of drug-likeness (QED) is 0.737. The first-order valence-corrected chi connectivity index (χ1v) is 7.17. The molecular formula is C12H22N2O3S. The zero-order chi connectivity index (χ0) is 13.8. The van der Waals surface area contributed by atoms with Gasteiger partial charge in [0, 0.05) is 24.9 Å². The Labute approximate surface area is 112 Å². The second-order valence-electron chi connectivity index (χ2n) is 5.58. The predicted octanol–water partition coefficient (Wildman–Crippen LogP) is 0.539. The lowest BCUT2D eigenvalue weighted by atomic mass is 10.0. The molecule has 0 saturated carbocycles. The Hall–Kier alpha value is -0.750. The molecule has 2 N–H and O–H groups in total. The van der Waals surface area contributed by atoms with Crippen LogP contribution in [-0.4, -0.2) is 48.1 Å². The molecule has 0 spiro atoms. The fraction of sp³-hybridized carbons (Fsp3) is 0.833. The Morgan fingerprint density at radius 1 is 1.33 bits per heavy atom. The average molecular weight is 274 g/mol. The zero-order valence-electron chi connectivity index (χ0n) is 11.5. The third kappa shape index (κ3) is 4.49. The van der Waals surface area contributed by atoms with E-state index < -0.39 is 17.4 Å². The highest BCUT2D eigenvalue weighted by Crippen LogP contribution is 2.30. The number of amides is 2. The molecule has 1 heterocycles. The number of methoxy groups -OCH3 is 1. The van der Waals surface area contributed by atoms with Gasteiger partial charge >= 0.3 is 11.8 Å². The van der Waals surface area contributed by atoms with E-state index in [0.717, 1.165) is 17.9 Å². The summed E-state index contributed by atoms with van der Waals surface area (Å²) in [5.74, 6) is 0.681. The van der Waals surface area contributed by atoms with Crippen molar-refractivity contribution < 1.29 is 14.3 Å². The van der Waals surface area contributed by atoms with Crippen molar-refractivity contribution in [2.75, 3.05) is 25.2 Å². The van der Waals surface area contributed by atoms with Crippen molar-refractivity contribution >= 4 is 23.6 Å². The summed E-state index contributed by atoms with van der Waals surface area (Å²) in [5.41, 5.74) is -0.723. The van der Waals surface area contributed by atoms with Gasteiger partial charge in [-0.25, -0.2) is 0 Å². The first kappa shape index (κ1) is 15.3. The van der Waals surface area contributed by atoms with Crippen molar-refractivity contribution in [3.05, 3.63) is 0 Å². The molecule has 18 heavy (non-hydrogen) atoms. The standard InChI is InChI=1S/C12H22N2O3S/c1-11(2,3)14-10(16)9(15)13-7-12(17-4)5-6-18-8-12/h5-8H2,1-4H3,(H,13,15)(H,14,16). The number of carbonyl (C=O) groups is 2. The van der Waals surface area contributed by atoms with E-state index in [9.17, 15) is 9.59 Å². The fourth-order valence-corrected chi connectivity index (χ4v) is 3.08. The van der Waals surface area contributed by atoms with Crippen LogP contribution in [0.1, 0.15) is 27.2 Å². The molecule has 0 radical (unpaired) electrons. The summed E-state index contributed by atoms with van der Waals surface area (Å²) in [7, 11) is 1.65. The first-order valence-electron chi connectivity index (χ1n) is 6.01. The van der Waals surface area contributed by atoms with Crippen molar-refractivity contribution in [1.82, 2.24) is 10.6 Å². The van der Waals surface area contributed by atoms with Crippen molar-refractivity contribution in [1.29, 1.82) is 0 Å². The van der Waals surface area contributed by atoms with Gasteiger partial charge in [0.25, 0.3) is 0 Å². The minimum atomic E-state index is -0.599. The van der Waals surface area contributed by atoms with Crippen LogP contribution in [0.2, 0.25) is 0 Å². The molecule has 5 nitrogen and oxygen atoms in total. The predicted molar refractivity (Wildman–Crippen MR) is 72.6 cm³/mol. The molecule has 1 unspecified atom stereocenters. The first-order chi connectivity index (χ1) is 8.28. The van der Waals surface area contributed by atoms with Crippen LogP contribution in [0.15, 0.2) is 0 Å². The Bertz CT molecular complexity index is 320. The molecule has 0 aromatic carbocycles. The molecule has 1 atom stereocenters. The lowest BCUT2D eigenvalue weighted by Crippen LogP contribution is -2.52. The molecule has 2 amide bonds. The van der Waals surface area contributed by atoms with Crippen molar-refractivity contribution in [3.8, 4) is 0 Å². The van der Waals surface area contributed by atoms with Gasteiger partial charge < -0.3 is 15.4 Å². The molecule has 1 aliphatic rings. The van der Waals surface area contributed by atoms with Crippen LogP contribution >= 0.6 is 11.8 Å². The number of hydrogen-bond donors (Lipinski definition) is 2. The van der Waals surface area contributed by atoms with Gasteiger partial charge in [-0.2, -0.15) is 11.8 Å². The van der Waals surface area contributed by atoms with Gasteiger partial charge in [0.15, 0.2) is 0 Å². The second-order valence-corrected chi connectivity index (χ2v) is 6.68. The molecule has 0 aromatic heterocycles. The third-order valence-corrected chi connectivity index (χ3v) is 3.99. The molecular weight excluding hydrogens is 252 g/mol. The summed E-state index contributed by atoms with van der Waals surface area (Å²) in [6.45, 7) is 5.89. The Balaban J connectivity index is 2.43. The number of ether oxygens (including phenoxy) is 1. The topological polar surface area (TPSA) is 67.4 Å². The summed E-state index contributed by atoms with van der Waals surface area (Å²) >= 11 is 1.80. The molecule has 1 rings (SSSR count). The number of thioether (sulfide) groups is 1. The van der Waals surface area contributed by atoms with Gasteiger partial charge in [-0.3, -0.25) is 9.59 Å². The van der Waals surface area contributed by atoms with Gasteiger partial charge in [-0.15, -0.1) is 0 Å². The van der Waals surface area contributed by atoms with Crippen LogP contribution in [0.25, 0.3) is 0 Å². The SMILES string of the molecule is COC1(CNC(=O)C(=O)NC(C)(C)C)CCSC1. The maximum absolute atomic E-state index is 11.7. The molecule has 1 fully saturated rings. The number of nitrogens with one attached hydrogen (secondary N) is 2. The van der Waals surface area contributed by atoms with Crippen LogP contribution < -0.4 is 10.6 Å². The normalized spacial score (nSPS) is 23.8. The monoisotopic (exact) mass is 274 g/mol. The van der Waals surface area contributed by atoms with E-state index in [1.807, 2.05) is 20.8 Å². The summed E-state index contributed by atoms with van der Waals surface area (Å²) in [6, 6.07) is 0. The van der Waals surface area contributed by atoms with Crippen LogP contribution in [0.4, 0.5) is 0 Å². The van der Waals surface area contributed by atoms with Gasteiger partial charge in [0.2, 0.25) is 0 Å². The zero-order valence-corrected chi connectivity index (χ0v) is 12.3. The smallest absolute Gasteiger partial charge is 0.309 e. The third-order valence-electron chi connectivity index (χ3n) is 2.77. The average Bonchev–Trinajstić information content (AvgIpc) is 2.73. The number of hydrogen-bond acceptors (Lipinski definition) is 4. The maximum Gasteiger partial charge on any atom is 0.309 e. The highest BCUT2D eigenvalue weighted by atomic mass is 32.2. The fourth-order valence-electron chi connectivity index (χ4n) is 1.68. The summed E-state index contributed by atoms with van der Waals surface area (Å²) in [5, 5.41) is 5.28. The van der Waals surface area contributed by atoms with Crippen molar-refractivity contribution in [2.24, 2.45) is 0 Å². The van der Waals surface area contributed by atoms with Gasteiger partial charge in [0.1, 0.15) is 0 Å². The van der Waals surface area contributed by atoms with Crippen LogP contribution in [0, 0.1) is 0 Å². The van der Waals surface area contributed by atoms with E-state index in [2.05, 4.69) is 10.6 Å². The molecule has 1 aliphatic heterocycles. The second kappa shape index (κ2) is 5.93. The minimum Gasteiger partial charge on any atom is -0.376 e. The van der Waals surface area contributed by atoms with E-state index in [-0.39, 0.29) is 5.60 Å². The Kier molecular flexibility index (Phi) is 5.04. The van der Waals surface area contributed by atoms with Crippen LogP contribution in [0.5, 0.6) is 0 Å². The van der Waals surface area contributed by atoms with Crippen molar-refractivity contribution in [3.63, 3.8) is 0 Å². The maximum atomic E-state index is 11.7. The van der Waals surface area contributed by atoms with Gasteiger partial charge in [-0.1, -0.05) is 0 Å². The molecule has 0 bridgehead atoms. The van der Waals surface area contributed by atoms with E-state index in [0.29, 0.717) is 6.54 Å². The molecule has 1 saturated heterocycles. The van der Waals surface area contributed by atoms with Crippen molar-refractivity contribution in [2.45, 2.75) is 38.3 Å². The van der Waals surface area contributed by atoms with Crippen LogP contribution in [-0.2, 0) is 14.3 Å². The highest BCUT2D eigenvalue weighted by molar-refractivity contribution is 7.99. The van der Waals surface area contributed by atoms with E-state index in [4.69, 9.17) is 4.74 Å². The molecule has 104 valence electrons. The number of carbonyl (C=O) groups excluding carboxylic acids is 2. The van der Waals surface area contributed by atoms with E-state index >= 15 is 0 Å². The van der Waals surface area contributed by atoms with E-state index in [1.54, 1.807) is 18.9 Å². The summed E-state index contributed by atoms with van der Waals surface area (Å²) in [6.07, 6.45) is 0.898. The Morgan fingerprint density at radius 3 is 2.44 bits per heavy atom. The molecule has 0 aromatic rings. The number of rotatable bonds is 3. The summed E-state index contributed by atoms with van der Waals surface area (Å²) < 4.78 is 5.46. The van der Waals surface area contributed by atoms with E-state index in [1.165, 1.54) is 0 Å². The van der Waals surface area contributed by atoms with Gasteiger partial charge in [-0.05, 0) is 32.9 Å². The lowest BCUT2D eigenvalue weighted by Gasteiger charge is -2.27.